The van der Waals surface area contributed by atoms with Crippen LogP contribution in [0.5, 0.6) is 0 Å². The molecule has 0 aromatic heterocycles. The van der Waals surface area contributed by atoms with Gasteiger partial charge in [-0.15, -0.1) is 0 Å². The van der Waals surface area contributed by atoms with Gasteiger partial charge in [0.15, 0.2) is 0 Å². The average Bonchev–Trinajstić information content (AvgIpc) is 2.98. The standard InChI is InChI=1S/C15H17F4N/c16-13-7-10(3-4-12(13)15(17,18)19)14(20)11-6-8-1-2-9(11)5-8/h3-4,7-9,11,14H,1-2,5-6,20H2. The Balaban J connectivity index is 1.82. The summed E-state index contributed by atoms with van der Waals surface area (Å²) in [5.41, 5.74) is 5.43. The normalized spacial score (nSPS) is 30.8. The number of fused-ring (bicyclic) bond motifs is 2. The molecule has 3 rings (SSSR count). The van der Waals surface area contributed by atoms with E-state index >= 15 is 0 Å². The van der Waals surface area contributed by atoms with Gasteiger partial charge in [-0.05, 0) is 54.7 Å². The minimum Gasteiger partial charge on any atom is -0.324 e. The molecule has 2 N–H and O–H groups in total. The average molecular weight is 287 g/mol. The van der Waals surface area contributed by atoms with Crippen molar-refractivity contribution >= 4 is 0 Å². The van der Waals surface area contributed by atoms with E-state index in [1.807, 2.05) is 0 Å². The summed E-state index contributed by atoms with van der Waals surface area (Å²) in [5.74, 6) is 0.314. The lowest BCUT2D eigenvalue weighted by molar-refractivity contribution is -0.140. The molecule has 2 saturated carbocycles. The highest BCUT2D eigenvalue weighted by molar-refractivity contribution is 5.29. The summed E-state index contributed by atoms with van der Waals surface area (Å²) >= 11 is 0. The fraction of sp³-hybridized carbons (Fsp3) is 0.600. The molecule has 1 aromatic rings. The van der Waals surface area contributed by atoms with Gasteiger partial charge in [0.1, 0.15) is 5.82 Å². The molecular formula is C15H17F4N. The number of rotatable bonds is 2. The zero-order valence-corrected chi connectivity index (χ0v) is 11.0. The third-order valence-electron chi connectivity index (χ3n) is 4.94. The first-order valence-electron chi connectivity index (χ1n) is 6.98. The van der Waals surface area contributed by atoms with E-state index in [2.05, 4.69) is 0 Å². The van der Waals surface area contributed by atoms with Crippen LogP contribution in [0.15, 0.2) is 18.2 Å². The Morgan fingerprint density at radius 3 is 2.40 bits per heavy atom. The SMILES string of the molecule is NC(c1ccc(C(F)(F)F)c(F)c1)C1CC2CCC1C2. The number of nitrogens with two attached hydrogens (primary N) is 1. The molecule has 20 heavy (non-hydrogen) atoms. The predicted octanol–water partition coefficient (Wildman–Crippen LogP) is 4.28. The second kappa shape index (κ2) is 4.72. The Bertz CT molecular complexity index is 511. The Hall–Kier alpha value is -1.10. The quantitative estimate of drug-likeness (QED) is 0.807. The Morgan fingerprint density at radius 2 is 1.90 bits per heavy atom. The number of alkyl halides is 3. The summed E-state index contributed by atoms with van der Waals surface area (Å²) in [5, 5.41) is 0. The highest BCUT2D eigenvalue weighted by Crippen LogP contribution is 2.52. The van der Waals surface area contributed by atoms with Gasteiger partial charge in [-0.2, -0.15) is 13.2 Å². The summed E-state index contributed by atoms with van der Waals surface area (Å²) in [6.45, 7) is 0. The van der Waals surface area contributed by atoms with Gasteiger partial charge in [0, 0.05) is 6.04 Å². The van der Waals surface area contributed by atoms with Gasteiger partial charge in [0.05, 0.1) is 5.56 Å². The third-order valence-corrected chi connectivity index (χ3v) is 4.94. The first-order valence-corrected chi connectivity index (χ1v) is 6.98. The predicted molar refractivity (Wildman–Crippen MR) is 67.3 cm³/mol. The largest absolute Gasteiger partial charge is 0.419 e. The van der Waals surface area contributed by atoms with Crippen LogP contribution in [-0.2, 0) is 6.18 Å². The van der Waals surface area contributed by atoms with Gasteiger partial charge >= 0.3 is 6.18 Å². The molecule has 110 valence electrons. The molecule has 0 amide bonds. The number of halogens is 4. The molecule has 0 saturated heterocycles. The highest BCUT2D eigenvalue weighted by atomic mass is 19.4. The van der Waals surface area contributed by atoms with Crippen LogP contribution in [0.4, 0.5) is 17.6 Å². The molecule has 5 heteroatoms. The third kappa shape index (κ3) is 2.32. The van der Waals surface area contributed by atoms with Gasteiger partial charge < -0.3 is 5.73 Å². The lowest BCUT2D eigenvalue weighted by Gasteiger charge is -2.28. The first-order chi connectivity index (χ1) is 9.36. The summed E-state index contributed by atoms with van der Waals surface area (Å²) in [4.78, 5) is 0. The van der Waals surface area contributed by atoms with Crippen LogP contribution in [-0.4, -0.2) is 0 Å². The molecule has 0 heterocycles. The highest BCUT2D eigenvalue weighted by Gasteiger charge is 2.42. The van der Waals surface area contributed by atoms with E-state index in [9.17, 15) is 17.6 Å². The van der Waals surface area contributed by atoms with E-state index in [0.29, 0.717) is 17.4 Å². The summed E-state index contributed by atoms with van der Waals surface area (Å²) in [7, 11) is 0. The van der Waals surface area contributed by atoms with Crippen molar-refractivity contribution in [2.24, 2.45) is 23.5 Å². The van der Waals surface area contributed by atoms with Crippen LogP contribution >= 0.6 is 0 Å². The number of benzene rings is 1. The first kappa shape index (κ1) is 13.9. The Kier molecular flexibility index (Phi) is 3.27. The molecule has 1 nitrogen and oxygen atoms in total. The van der Waals surface area contributed by atoms with Gasteiger partial charge in [-0.25, -0.2) is 4.39 Å². The van der Waals surface area contributed by atoms with Crippen molar-refractivity contribution in [3.63, 3.8) is 0 Å². The van der Waals surface area contributed by atoms with E-state index in [-0.39, 0.29) is 12.0 Å². The van der Waals surface area contributed by atoms with Crippen molar-refractivity contribution in [1.82, 2.24) is 0 Å². The number of hydrogen-bond donors (Lipinski definition) is 1. The molecule has 2 aliphatic carbocycles. The maximum absolute atomic E-state index is 13.6. The van der Waals surface area contributed by atoms with E-state index in [0.717, 1.165) is 25.0 Å². The van der Waals surface area contributed by atoms with Crippen molar-refractivity contribution in [2.45, 2.75) is 37.9 Å². The minimum absolute atomic E-state index is 0.282. The van der Waals surface area contributed by atoms with Crippen LogP contribution in [0.25, 0.3) is 0 Å². The van der Waals surface area contributed by atoms with Gasteiger partial charge in [0.2, 0.25) is 0 Å². The van der Waals surface area contributed by atoms with E-state index in [1.54, 1.807) is 0 Å². The van der Waals surface area contributed by atoms with Crippen LogP contribution in [0.2, 0.25) is 0 Å². The zero-order chi connectivity index (χ0) is 14.5. The lowest BCUT2D eigenvalue weighted by Crippen LogP contribution is -2.26. The van der Waals surface area contributed by atoms with Crippen molar-refractivity contribution in [3.05, 3.63) is 35.1 Å². The molecule has 0 aliphatic heterocycles. The van der Waals surface area contributed by atoms with Crippen molar-refractivity contribution in [1.29, 1.82) is 0 Å². The maximum Gasteiger partial charge on any atom is 0.419 e. The monoisotopic (exact) mass is 287 g/mol. The second-order valence-corrected chi connectivity index (χ2v) is 6.10. The molecule has 2 aliphatic rings. The lowest BCUT2D eigenvalue weighted by atomic mass is 9.81. The number of hydrogen-bond acceptors (Lipinski definition) is 1. The van der Waals surface area contributed by atoms with Gasteiger partial charge in [-0.1, -0.05) is 12.5 Å². The van der Waals surface area contributed by atoms with E-state index in [4.69, 9.17) is 5.73 Å². The molecule has 4 atom stereocenters. The fourth-order valence-electron chi connectivity index (χ4n) is 3.95. The molecule has 0 radical (unpaired) electrons. The molecule has 2 bridgehead atoms. The molecule has 1 aromatic carbocycles. The van der Waals surface area contributed by atoms with Crippen LogP contribution in [0, 0.1) is 23.6 Å². The molecule has 4 unspecified atom stereocenters. The summed E-state index contributed by atoms with van der Waals surface area (Å²) < 4.78 is 51.2. The Morgan fingerprint density at radius 1 is 1.15 bits per heavy atom. The van der Waals surface area contributed by atoms with Crippen LogP contribution in [0.1, 0.15) is 42.9 Å². The maximum atomic E-state index is 13.6. The summed E-state index contributed by atoms with van der Waals surface area (Å²) in [6.07, 6.45) is -0.0868. The van der Waals surface area contributed by atoms with Crippen LogP contribution in [0.3, 0.4) is 0 Å². The van der Waals surface area contributed by atoms with Crippen molar-refractivity contribution in [2.75, 3.05) is 0 Å². The van der Waals surface area contributed by atoms with E-state index in [1.165, 1.54) is 18.9 Å². The fourth-order valence-corrected chi connectivity index (χ4v) is 3.95. The topological polar surface area (TPSA) is 26.0 Å². The minimum atomic E-state index is -4.65. The van der Waals surface area contributed by atoms with Gasteiger partial charge in [-0.3, -0.25) is 0 Å². The molecular weight excluding hydrogens is 270 g/mol. The van der Waals surface area contributed by atoms with Crippen LogP contribution < -0.4 is 5.73 Å². The second-order valence-electron chi connectivity index (χ2n) is 6.10. The summed E-state index contributed by atoms with van der Waals surface area (Å²) in [6, 6.07) is 2.72. The smallest absolute Gasteiger partial charge is 0.324 e. The van der Waals surface area contributed by atoms with Gasteiger partial charge in [0.25, 0.3) is 0 Å². The van der Waals surface area contributed by atoms with E-state index < -0.39 is 17.6 Å². The van der Waals surface area contributed by atoms with Crippen molar-refractivity contribution in [3.8, 4) is 0 Å². The zero-order valence-electron chi connectivity index (χ0n) is 11.0. The molecule has 0 spiro atoms. The Labute approximate surface area is 115 Å². The molecule has 2 fully saturated rings. The van der Waals surface area contributed by atoms with Crippen molar-refractivity contribution < 1.29 is 17.6 Å².